The molecule has 1 aromatic rings. The fourth-order valence-corrected chi connectivity index (χ4v) is 5.08. The lowest BCUT2D eigenvalue weighted by Gasteiger charge is -2.48. The lowest BCUT2D eigenvalue weighted by molar-refractivity contribution is -0.331. The van der Waals surface area contributed by atoms with Crippen LogP contribution in [0.5, 0.6) is 5.75 Å². The van der Waals surface area contributed by atoms with E-state index in [9.17, 15) is 30.6 Å². The van der Waals surface area contributed by atoms with Gasteiger partial charge in [0.1, 0.15) is 73.4 Å². The molecule has 1 aliphatic carbocycles. The Balaban J connectivity index is 1.44. The van der Waals surface area contributed by atoms with Gasteiger partial charge in [-0.1, -0.05) is 18.2 Å². The van der Waals surface area contributed by atoms with Gasteiger partial charge in [0.2, 0.25) is 0 Å². The van der Waals surface area contributed by atoms with Crippen LogP contribution in [0.2, 0.25) is 0 Å². The number of aliphatic hydroxyl groups is 6. The number of nitrogens with two attached hydrogens (primary N) is 4. The molecular formula is C24H40N4O11. The maximum Gasteiger partial charge on any atom is 0.187 e. The third-order valence-electron chi connectivity index (χ3n) is 7.46. The minimum Gasteiger partial charge on any atom is -0.491 e. The quantitative estimate of drug-likeness (QED) is 0.142. The van der Waals surface area contributed by atoms with Crippen LogP contribution in [0.1, 0.15) is 6.42 Å². The van der Waals surface area contributed by atoms with Gasteiger partial charge < -0.3 is 77.3 Å². The zero-order valence-corrected chi connectivity index (χ0v) is 21.2. The molecule has 0 amide bonds. The summed E-state index contributed by atoms with van der Waals surface area (Å²) in [4.78, 5) is 0. The number of aliphatic hydroxyl groups excluding tert-OH is 6. The van der Waals surface area contributed by atoms with Crippen LogP contribution < -0.4 is 27.7 Å². The van der Waals surface area contributed by atoms with Crippen molar-refractivity contribution in [1.82, 2.24) is 0 Å². The Bertz CT molecular complexity index is 904. The Hall–Kier alpha value is -1.54. The molecule has 14 N–H and O–H groups in total. The van der Waals surface area contributed by atoms with Crippen molar-refractivity contribution in [2.24, 2.45) is 22.9 Å². The molecule has 7 unspecified atom stereocenters. The number of para-hydroxylation sites is 1. The van der Waals surface area contributed by atoms with Gasteiger partial charge in [0.05, 0.1) is 6.04 Å². The van der Waals surface area contributed by atoms with E-state index in [2.05, 4.69) is 0 Å². The molecule has 2 saturated heterocycles. The monoisotopic (exact) mass is 560 g/mol. The Morgan fingerprint density at radius 3 is 1.85 bits per heavy atom. The van der Waals surface area contributed by atoms with Crippen LogP contribution in [-0.2, 0) is 18.9 Å². The van der Waals surface area contributed by atoms with E-state index in [4.69, 9.17) is 46.6 Å². The van der Waals surface area contributed by atoms with Crippen LogP contribution in [0.15, 0.2) is 30.3 Å². The Kier molecular flexibility index (Phi) is 10.1. The molecule has 2 heterocycles. The fraction of sp³-hybridized carbons (Fsp3) is 0.750. The average Bonchev–Trinajstić information content (AvgIpc) is 2.92. The normalized spacial score (nSPS) is 47.1. The largest absolute Gasteiger partial charge is 0.491 e. The number of hydrogen-bond donors (Lipinski definition) is 10. The fourth-order valence-electron chi connectivity index (χ4n) is 5.08. The van der Waals surface area contributed by atoms with Gasteiger partial charge in [-0.2, -0.15) is 0 Å². The summed E-state index contributed by atoms with van der Waals surface area (Å²) in [6.07, 6.45) is -16.2. The first-order chi connectivity index (χ1) is 18.5. The van der Waals surface area contributed by atoms with Gasteiger partial charge in [-0.05, 0) is 18.6 Å². The summed E-state index contributed by atoms with van der Waals surface area (Å²) in [5.41, 5.74) is 24.0. The average molecular weight is 561 g/mol. The van der Waals surface area contributed by atoms with Gasteiger partial charge in [0, 0.05) is 18.6 Å². The predicted octanol–water partition coefficient (Wildman–Crippen LogP) is -5.20. The Morgan fingerprint density at radius 2 is 1.26 bits per heavy atom. The third-order valence-corrected chi connectivity index (χ3v) is 7.46. The van der Waals surface area contributed by atoms with Gasteiger partial charge in [-0.3, -0.25) is 0 Å². The van der Waals surface area contributed by atoms with Crippen LogP contribution in [-0.4, -0.2) is 136 Å². The minimum atomic E-state index is -1.66. The van der Waals surface area contributed by atoms with Crippen molar-refractivity contribution in [1.29, 1.82) is 0 Å². The molecule has 0 spiro atoms. The molecule has 15 heteroatoms. The van der Waals surface area contributed by atoms with E-state index in [0.29, 0.717) is 5.75 Å². The van der Waals surface area contributed by atoms with Gasteiger partial charge in [-0.15, -0.1) is 0 Å². The molecule has 4 rings (SSSR count). The zero-order chi connectivity index (χ0) is 28.4. The van der Waals surface area contributed by atoms with E-state index in [-0.39, 0.29) is 19.6 Å². The van der Waals surface area contributed by atoms with Crippen LogP contribution in [0.4, 0.5) is 0 Å². The molecule has 222 valence electrons. The van der Waals surface area contributed by atoms with E-state index >= 15 is 0 Å². The highest BCUT2D eigenvalue weighted by molar-refractivity contribution is 5.21. The maximum atomic E-state index is 11.2. The summed E-state index contributed by atoms with van der Waals surface area (Å²) in [5.74, 6) is 0.533. The minimum absolute atomic E-state index is 0.0960. The standard InChI is InChI=1S/C24H40N4O11/c25-7-12-16(30)18(32)19(33)24(36-12)39-22-11(27)6-10(26)21(20(22)34)38-23-17(31)14(28)15(29)13(37-23)8-35-9-4-2-1-3-5-9/h1-5,10-24,29-34H,6-8,25-28H2/t10?,11?,12?,13-,14-,15?,16-,17-,18+,19?,20-,21-,22?,23?,24-/m1/s1. The Morgan fingerprint density at radius 1 is 0.692 bits per heavy atom. The SMILES string of the molecule is NCC1O[C@H](OC2C(N)CC(N)[C@@H](OC3O[C@H](COc4ccccc4)C(O)[C@@H](N)[C@H]3O)[C@H]2O)C(O)[C@@H](O)[C@@H]1O. The smallest absolute Gasteiger partial charge is 0.187 e. The highest BCUT2D eigenvalue weighted by Gasteiger charge is 2.51. The summed E-state index contributed by atoms with van der Waals surface area (Å²) in [5, 5.41) is 62.9. The van der Waals surface area contributed by atoms with E-state index in [1.54, 1.807) is 24.3 Å². The second-order valence-corrected chi connectivity index (χ2v) is 10.2. The van der Waals surface area contributed by atoms with Gasteiger partial charge in [0.25, 0.3) is 0 Å². The zero-order valence-electron chi connectivity index (χ0n) is 21.2. The topological polar surface area (TPSA) is 272 Å². The molecule has 15 atom stereocenters. The molecule has 3 aliphatic rings. The third kappa shape index (κ3) is 6.52. The number of rotatable bonds is 8. The van der Waals surface area contributed by atoms with Crippen LogP contribution >= 0.6 is 0 Å². The second kappa shape index (κ2) is 13.0. The summed E-state index contributed by atoms with van der Waals surface area (Å²) in [7, 11) is 0. The first kappa shape index (κ1) is 30.4. The second-order valence-electron chi connectivity index (χ2n) is 10.2. The molecular weight excluding hydrogens is 520 g/mol. The first-order valence-electron chi connectivity index (χ1n) is 12.9. The predicted molar refractivity (Wildman–Crippen MR) is 133 cm³/mol. The lowest BCUT2D eigenvalue weighted by Crippen LogP contribution is -2.68. The van der Waals surface area contributed by atoms with Crippen molar-refractivity contribution in [3.63, 3.8) is 0 Å². The molecule has 39 heavy (non-hydrogen) atoms. The van der Waals surface area contributed by atoms with Crippen molar-refractivity contribution < 1.29 is 54.3 Å². The number of hydrogen-bond acceptors (Lipinski definition) is 15. The number of ether oxygens (including phenoxy) is 5. The van der Waals surface area contributed by atoms with E-state index in [1.165, 1.54) is 0 Å². The van der Waals surface area contributed by atoms with E-state index < -0.39 is 91.7 Å². The van der Waals surface area contributed by atoms with Crippen molar-refractivity contribution in [3.8, 4) is 5.75 Å². The summed E-state index contributed by atoms with van der Waals surface area (Å²) < 4.78 is 28.6. The molecule has 2 aliphatic heterocycles. The maximum absolute atomic E-state index is 11.2. The highest BCUT2D eigenvalue weighted by atomic mass is 16.7. The molecule has 1 saturated carbocycles. The first-order valence-corrected chi connectivity index (χ1v) is 12.9. The highest BCUT2D eigenvalue weighted by Crippen LogP contribution is 2.31. The molecule has 0 radical (unpaired) electrons. The van der Waals surface area contributed by atoms with Crippen molar-refractivity contribution in [2.45, 2.75) is 98.2 Å². The molecule has 15 nitrogen and oxygen atoms in total. The van der Waals surface area contributed by atoms with E-state index in [1.807, 2.05) is 6.07 Å². The van der Waals surface area contributed by atoms with Crippen LogP contribution in [0.25, 0.3) is 0 Å². The van der Waals surface area contributed by atoms with Gasteiger partial charge >= 0.3 is 0 Å². The summed E-state index contributed by atoms with van der Waals surface area (Å²) in [6.45, 7) is -0.270. The van der Waals surface area contributed by atoms with Crippen molar-refractivity contribution in [2.75, 3.05) is 13.2 Å². The lowest BCUT2D eigenvalue weighted by atomic mass is 9.84. The molecule has 1 aromatic carbocycles. The summed E-state index contributed by atoms with van der Waals surface area (Å²) >= 11 is 0. The van der Waals surface area contributed by atoms with Crippen molar-refractivity contribution >= 4 is 0 Å². The molecule has 3 fully saturated rings. The van der Waals surface area contributed by atoms with Crippen LogP contribution in [0.3, 0.4) is 0 Å². The molecule has 0 aromatic heterocycles. The van der Waals surface area contributed by atoms with Crippen molar-refractivity contribution in [3.05, 3.63) is 30.3 Å². The summed E-state index contributed by atoms with van der Waals surface area (Å²) in [6, 6.07) is 6.00. The van der Waals surface area contributed by atoms with Gasteiger partial charge in [0.15, 0.2) is 12.6 Å². The molecule has 0 bridgehead atoms. The van der Waals surface area contributed by atoms with Gasteiger partial charge in [-0.25, -0.2) is 0 Å². The Labute approximate surface area is 225 Å². The van der Waals surface area contributed by atoms with E-state index in [0.717, 1.165) is 0 Å². The van der Waals surface area contributed by atoms with Crippen LogP contribution in [0, 0.1) is 0 Å². The number of benzene rings is 1.